The molecule has 3 aromatic heterocycles. The first kappa shape index (κ1) is 17.0. The number of hydrogen-bond acceptors (Lipinski definition) is 6. The minimum Gasteiger partial charge on any atom is -0.338 e. The lowest BCUT2D eigenvalue weighted by molar-refractivity contribution is 0.252. The molecule has 0 aliphatic heterocycles. The van der Waals surface area contributed by atoms with Crippen molar-refractivity contribution >= 4 is 32.7 Å². The highest BCUT2D eigenvalue weighted by Gasteiger charge is 2.15. The van der Waals surface area contributed by atoms with E-state index in [1.165, 1.54) is 11.3 Å². The van der Waals surface area contributed by atoms with E-state index in [2.05, 4.69) is 30.6 Å². The summed E-state index contributed by atoms with van der Waals surface area (Å²) in [6.07, 6.45) is 6.96. The van der Waals surface area contributed by atoms with Crippen LogP contribution in [0.2, 0.25) is 0 Å². The van der Waals surface area contributed by atoms with Crippen LogP contribution in [0.25, 0.3) is 32.7 Å². The maximum absolute atomic E-state index is 11.8. The lowest BCUT2D eigenvalue weighted by Crippen LogP contribution is -2.28. The maximum atomic E-state index is 11.8. The quantitative estimate of drug-likeness (QED) is 0.562. The van der Waals surface area contributed by atoms with Gasteiger partial charge in [-0.3, -0.25) is 10.3 Å². The summed E-state index contributed by atoms with van der Waals surface area (Å²) in [6, 6.07) is 9.36. The predicted molar refractivity (Wildman–Crippen MR) is 107 cm³/mol. The van der Waals surface area contributed by atoms with Crippen molar-refractivity contribution in [1.82, 2.24) is 25.3 Å². The molecule has 0 aliphatic carbocycles. The number of carbonyl (C=O) groups is 1. The van der Waals surface area contributed by atoms with Gasteiger partial charge in [-0.15, -0.1) is 0 Å². The molecule has 0 saturated carbocycles. The third-order valence-corrected chi connectivity index (χ3v) is 4.86. The summed E-state index contributed by atoms with van der Waals surface area (Å²) in [4.78, 5) is 29.3. The number of carbonyl (C=O) groups excluding carboxylic acids is 1. The minimum absolute atomic E-state index is 0.272. The van der Waals surface area contributed by atoms with E-state index >= 15 is 0 Å². The summed E-state index contributed by atoms with van der Waals surface area (Å²) in [6.45, 7) is 2.41. The van der Waals surface area contributed by atoms with Crippen molar-refractivity contribution in [3.05, 3.63) is 55.1 Å². The van der Waals surface area contributed by atoms with Crippen molar-refractivity contribution < 1.29 is 4.79 Å². The van der Waals surface area contributed by atoms with Crippen molar-refractivity contribution in [2.45, 2.75) is 6.92 Å². The Morgan fingerprint density at radius 1 is 1.11 bits per heavy atom. The highest BCUT2D eigenvalue weighted by molar-refractivity contribution is 7.22. The van der Waals surface area contributed by atoms with Crippen LogP contribution in [0.3, 0.4) is 0 Å². The summed E-state index contributed by atoms with van der Waals surface area (Å²) >= 11 is 1.43. The Bertz CT molecular complexity index is 1080. The average molecular weight is 376 g/mol. The van der Waals surface area contributed by atoms with Crippen LogP contribution >= 0.6 is 11.3 Å². The molecule has 1 aromatic carbocycles. The molecule has 0 aliphatic rings. The van der Waals surface area contributed by atoms with E-state index in [1.54, 1.807) is 30.9 Å². The number of rotatable bonds is 4. The third-order valence-electron chi connectivity index (χ3n) is 3.84. The second-order valence-corrected chi connectivity index (χ2v) is 6.69. The van der Waals surface area contributed by atoms with Crippen LogP contribution < -0.4 is 10.6 Å². The van der Waals surface area contributed by atoms with Gasteiger partial charge in [0.2, 0.25) is 0 Å². The van der Waals surface area contributed by atoms with Crippen molar-refractivity contribution in [2.75, 3.05) is 11.9 Å². The summed E-state index contributed by atoms with van der Waals surface area (Å²) < 4.78 is 0.967. The number of pyridine rings is 1. The molecule has 4 rings (SSSR count). The molecular weight excluding hydrogens is 360 g/mol. The number of nitrogens with one attached hydrogen (secondary N) is 2. The SMILES string of the molecule is CCNC(=O)Nc1nc2cc(-c3ncccn3)cc(-c3cccnc3)c2s1. The molecule has 0 fully saturated rings. The number of fused-ring (bicyclic) bond motifs is 1. The van der Waals surface area contributed by atoms with Crippen molar-refractivity contribution in [3.63, 3.8) is 0 Å². The summed E-state index contributed by atoms with van der Waals surface area (Å²) in [5.41, 5.74) is 3.57. The van der Waals surface area contributed by atoms with E-state index in [0.717, 1.165) is 26.9 Å². The van der Waals surface area contributed by atoms with Gasteiger partial charge in [0, 0.05) is 48.0 Å². The Kier molecular flexibility index (Phi) is 4.71. The lowest BCUT2D eigenvalue weighted by atomic mass is 10.0. The lowest BCUT2D eigenvalue weighted by Gasteiger charge is -2.06. The molecule has 0 saturated heterocycles. The van der Waals surface area contributed by atoms with Crippen molar-refractivity contribution in [2.24, 2.45) is 0 Å². The van der Waals surface area contributed by atoms with Crippen LogP contribution in [-0.2, 0) is 0 Å². The van der Waals surface area contributed by atoms with Gasteiger partial charge in [0.1, 0.15) is 0 Å². The molecule has 0 radical (unpaired) electrons. The molecule has 4 aromatic rings. The molecule has 3 heterocycles. The molecule has 0 bridgehead atoms. The zero-order chi connectivity index (χ0) is 18.6. The van der Waals surface area contributed by atoms with Crippen LogP contribution in [0.4, 0.5) is 9.93 Å². The van der Waals surface area contributed by atoms with E-state index in [-0.39, 0.29) is 6.03 Å². The number of amides is 2. The Morgan fingerprint density at radius 2 is 1.96 bits per heavy atom. The first-order chi connectivity index (χ1) is 13.2. The zero-order valence-corrected chi connectivity index (χ0v) is 15.3. The molecule has 27 heavy (non-hydrogen) atoms. The Hall–Kier alpha value is -3.39. The van der Waals surface area contributed by atoms with Gasteiger partial charge in [0.25, 0.3) is 0 Å². The number of benzene rings is 1. The fourth-order valence-corrected chi connectivity index (χ4v) is 3.68. The van der Waals surface area contributed by atoms with Crippen LogP contribution in [0.1, 0.15) is 6.92 Å². The molecule has 0 unspecified atom stereocenters. The van der Waals surface area contributed by atoms with E-state index < -0.39 is 0 Å². The molecule has 0 spiro atoms. The molecule has 134 valence electrons. The third kappa shape index (κ3) is 3.61. The normalized spacial score (nSPS) is 10.7. The highest BCUT2D eigenvalue weighted by atomic mass is 32.1. The number of hydrogen-bond donors (Lipinski definition) is 2. The molecule has 7 nitrogen and oxygen atoms in total. The van der Waals surface area contributed by atoms with Crippen molar-refractivity contribution in [1.29, 1.82) is 0 Å². The Balaban J connectivity index is 1.86. The Labute approximate surface area is 159 Å². The second-order valence-electron chi connectivity index (χ2n) is 5.69. The van der Waals surface area contributed by atoms with Crippen LogP contribution in [0.15, 0.2) is 55.1 Å². The summed E-state index contributed by atoms with van der Waals surface area (Å²) in [7, 11) is 0. The fourth-order valence-electron chi connectivity index (χ4n) is 2.70. The second kappa shape index (κ2) is 7.46. The minimum atomic E-state index is -0.272. The number of anilines is 1. The number of urea groups is 1. The topological polar surface area (TPSA) is 92.7 Å². The van der Waals surface area contributed by atoms with Gasteiger partial charge < -0.3 is 5.32 Å². The van der Waals surface area contributed by atoms with E-state index in [9.17, 15) is 4.79 Å². The van der Waals surface area contributed by atoms with Crippen molar-refractivity contribution in [3.8, 4) is 22.5 Å². The average Bonchev–Trinajstić information content (AvgIpc) is 3.11. The summed E-state index contributed by atoms with van der Waals surface area (Å²) in [5, 5.41) is 6.02. The van der Waals surface area contributed by atoms with E-state index in [0.29, 0.717) is 17.5 Å². The Morgan fingerprint density at radius 3 is 2.70 bits per heavy atom. The summed E-state index contributed by atoms with van der Waals surface area (Å²) in [5.74, 6) is 0.621. The predicted octanol–water partition coefficient (Wildman–Crippen LogP) is 3.96. The molecule has 0 atom stereocenters. The van der Waals surface area contributed by atoms with Crippen LogP contribution in [-0.4, -0.2) is 32.5 Å². The van der Waals surface area contributed by atoms with Gasteiger partial charge in [-0.1, -0.05) is 17.4 Å². The van der Waals surface area contributed by atoms with E-state index in [1.807, 2.05) is 31.2 Å². The number of nitrogens with zero attached hydrogens (tertiary/aromatic N) is 4. The van der Waals surface area contributed by atoms with Crippen LogP contribution in [0, 0.1) is 0 Å². The zero-order valence-electron chi connectivity index (χ0n) is 14.5. The maximum Gasteiger partial charge on any atom is 0.321 e. The van der Waals surface area contributed by atoms with Crippen LogP contribution in [0.5, 0.6) is 0 Å². The van der Waals surface area contributed by atoms with Gasteiger partial charge in [0.15, 0.2) is 11.0 Å². The number of aromatic nitrogens is 4. The molecule has 2 N–H and O–H groups in total. The highest BCUT2D eigenvalue weighted by Crippen LogP contribution is 2.37. The van der Waals surface area contributed by atoms with Gasteiger partial charge in [-0.25, -0.2) is 19.7 Å². The molecular formula is C19H16N6OS. The molecule has 8 heteroatoms. The number of thiazole rings is 1. The molecule has 2 amide bonds. The van der Waals surface area contributed by atoms with Gasteiger partial charge in [0.05, 0.1) is 10.2 Å². The van der Waals surface area contributed by atoms with Gasteiger partial charge >= 0.3 is 6.03 Å². The fraction of sp³-hybridized carbons (Fsp3) is 0.105. The largest absolute Gasteiger partial charge is 0.338 e. The smallest absolute Gasteiger partial charge is 0.321 e. The van der Waals surface area contributed by atoms with E-state index in [4.69, 9.17) is 0 Å². The standard InChI is InChI=1S/C19H16N6OS/c1-2-21-18(26)25-19-24-15-10-13(17-22-7-4-8-23-17)9-14(16(15)27-19)12-5-3-6-20-11-12/h3-11H,2H2,1H3,(H2,21,24,25,26). The van der Waals surface area contributed by atoms with Gasteiger partial charge in [-0.05, 0) is 31.2 Å². The van der Waals surface area contributed by atoms with Gasteiger partial charge in [-0.2, -0.15) is 0 Å². The first-order valence-electron chi connectivity index (χ1n) is 8.42. The first-order valence-corrected chi connectivity index (χ1v) is 9.23. The monoisotopic (exact) mass is 376 g/mol.